The van der Waals surface area contributed by atoms with Crippen LogP contribution in [0.1, 0.15) is 30.2 Å². The fourth-order valence-electron chi connectivity index (χ4n) is 2.77. The van der Waals surface area contributed by atoms with Gasteiger partial charge in [-0.15, -0.1) is 0 Å². The summed E-state index contributed by atoms with van der Waals surface area (Å²) in [4.78, 5) is 9.25. The van der Waals surface area contributed by atoms with E-state index in [2.05, 4.69) is 28.9 Å². The summed E-state index contributed by atoms with van der Waals surface area (Å²) < 4.78 is 5.49. The first kappa shape index (κ1) is 13.6. The fraction of sp³-hybridized carbons (Fsp3) is 0.786. The minimum absolute atomic E-state index is 0.782. The van der Waals surface area contributed by atoms with Gasteiger partial charge in [0.1, 0.15) is 5.76 Å². The van der Waals surface area contributed by atoms with E-state index < -0.39 is 0 Å². The van der Waals surface area contributed by atoms with Crippen molar-refractivity contribution in [3.63, 3.8) is 0 Å². The number of hydrogen-bond donors (Lipinski definition) is 0. The van der Waals surface area contributed by atoms with E-state index in [0.29, 0.717) is 0 Å². The molecule has 0 spiro atoms. The molecule has 0 N–H and O–H groups in total. The number of likely N-dealkylation sites (tertiary alicyclic amines) is 1. The lowest BCUT2D eigenvalue weighted by atomic mass is 9.96. The second-order valence-electron chi connectivity index (χ2n) is 5.72. The molecule has 1 aromatic rings. The van der Waals surface area contributed by atoms with Crippen molar-refractivity contribution in [2.45, 2.75) is 33.2 Å². The van der Waals surface area contributed by atoms with Crippen molar-refractivity contribution in [2.75, 3.05) is 33.7 Å². The van der Waals surface area contributed by atoms with Crippen molar-refractivity contribution in [3.8, 4) is 0 Å². The molecule has 4 nitrogen and oxygen atoms in total. The van der Waals surface area contributed by atoms with Gasteiger partial charge in [0.25, 0.3) is 0 Å². The smallest absolute Gasteiger partial charge is 0.191 e. The van der Waals surface area contributed by atoms with Gasteiger partial charge in [-0.25, -0.2) is 4.98 Å². The summed E-state index contributed by atoms with van der Waals surface area (Å²) in [6.07, 6.45) is 2.60. The summed E-state index contributed by atoms with van der Waals surface area (Å²) in [7, 11) is 4.32. The minimum Gasteiger partial charge on any atom is -0.446 e. The number of oxazole rings is 1. The van der Waals surface area contributed by atoms with Gasteiger partial charge in [0, 0.05) is 20.0 Å². The molecule has 0 aromatic carbocycles. The van der Waals surface area contributed by atoms with E-state index in [1.807, 2.05) is 13.8 Å². The Morgan fingerprint density at radius 3 is 2.44 bits per heavy atom. The van der Waals surface area contributed by atoms with Crippen molar-refractivity contribution < 1.29 is 4.42 Å². The van der Waals surface area contributed by atoms with E-state index in [9.17, 15) is 0 Å². The highest BCUT2D eigenvalue weighted by Gasteiger charge is 2.21. The number of aromatic nitrogens is 1. The second kappa shape index (κ2) is 5.85. The van der Waals surface area contributed by atoms with E-state index in [0.717, 1.165) is 29.8 Å². The molecule has 1 aromatic heterocycles. The zero-order chi connectivity index (χ0) is 13.1. The van der Waals surface area contributed by atoms with Gasteiger partial charge in [-0.05, 0) is 52.9 Å². The van der Waals surface area contributed by atoms with Gasteiger partial charge in [0.05, 0.1) is 5.69 Å². The van der Waals surface area contributed by atoms with Crippen LogP contribution in [-0.4, -0.2) is 48.5 Å². The monoisotopic (exact) mass is 251 g/mol. The number of hydrogen-bond acceptors (Lipinski definition) is 4. The Labute approximate surface area is 110 Å². The second-order valence-corrected chi connectivity index (χ2v) is 5.72. The maximum absolute atomic E-state index is 5.49. The first-order valence-corrected chi connectivity index (χ1v) is 6.84. The molecule has 0 aliphatic carbocycles. The lowest BCUT2D eigenvalue weighted by Gasteiger charge is -2.32. The first-order chi connectivity index (χ1) is 8.54. The largest absolute Gasteiger partial charge is 0.446 e. The van der Waals surface area contributed by atoms with Gasteiger partial charge in [-0.2, -0.15) is 0 Å². The highest BCUT2D eigenvalue weighted by molar-refractivity contribution is 5.07. The summed E-state index contributed by atoms with van der Waals surface area (Å²) >= 11 is 0. The van der Waals surface area contributed by atoms with E-state index in [1.165, 1.54) is 32.5 Å². The Bertz CT molecular complexity index is 378. The standard InChI is InChI=1S/C14H25N3O/c1-11-14(15-12(2)18-11)10-17-7-5-13(6-8-17)9-16(3)4/h13H,5-10H2,1-4H3. The molecule has 4 heteroatoms. The van der Waals surface area contributed by atoms with Crippen LogP contribution >= 0.6 is 0 Å². The lowest BCUT2D eigenvalue weighted by molar-refractivity contribution is 0.155. The fourth-order valence-corrected chi connectivity index (χ4v) is 2.77. The van der Waals surface area contributed by atoms with Gasteiger partial charge in [0.2, 0.25) is 0 Å². The quantitative estimate of drug-likeness (QED) is 0.820. The Balaban J connectivity index is 1.82. The number of rotatable bonds is 4. The third kappa shape index (κ3) is 3.56. The van der Waals surface area contributed by atoms with Crippen LogP contribution in [0.15, 0.2) is 4.42 Å². The molecule has 18 heavy (non-hydrogen) atoms. The molecule has 0 atom stereocenters. The predicted molar refractivity (Wildman–Crippen MR) is 72.5 cm³/mol. The van der Waals surface area contributed by atoms with Gasteiger partial charge in [0.15, 0.2) is 5.89 Å². The van der Waals surface area contributed by atoms with Crippen molar-refractivity contribution >= 4 is 0 Å². The molecule has 1 aliphatic rings. The van der Waals surface area contributed by atoms with Gasteiger partial charge < -0.3 is 9.32 Å². The Morgan fingerprint density at radius 1 is 1.28 bits per heavy atom. The van der Waals surface area contributed by atoms with Crippen molar-refractivity contribution in [3.05, 3.63) is 17.3 Å². The van der Waals surface area contributed by atoms with Crippen LogP contribution < -0.4 is 0 Å². The molecule has 0 bridgehead atoms. The Kier molecular flexibility index (Phi) is 4.40. The molecule has 0 amide bonds. The Hall–Kier alpha value is -0.870. The number of nitrogens with zero attached hydrogens (tertiary/aromatic N) is 3. The minimum atomic E-state index is 0.782. The highest BCUT2D eigenvalue weighted by Crippen LogP contribution is 2.20. The molecular formula is C14H25N3O. The molecule has 1 fully saturated rings. The molecule has 0 saturated carbocycles. The maximum atomic E-state index is 5.49. The van der Waals surface area contributed by atoms with Crippen LogP contribution in [0.25, 0.3) is 0 Å². The van der Waals surface area contributed by atoms with E-state index >= 15 is 0 Å². The molecule has 0 unspecified atom stereocenters. The number of piperidine rings is 1. The highest BCUT2D eigenvalue weighted by atomic mass is 16.4. The summed E-state index contributed by atoms with van der Waals surface area (Å²) in [5.74, 6) is 2.62. The SMILES string of the molecule is Cc1nc(CN2CCC(CN(C)C)CC2)c(C)o1. The molecular weight excluding hydrogens is 226 g/mol. The normalized spacial score (nSPS) is 18.7. The van der Waals surface area contributed by atoms with Crippen LogP contribution in [0, 0.1) is 19.8 Å². The Morgan fingerprint density at radius 2 is 1.94 bits per heavy atom. The molecule has 2 heterocycles. The molecule has 1 aliphatic heterocycles. The van der Waals surface area contributed by atoms with Gasteiger partial charge in [-0.1, -0.05) is 0 Å². The van der Waals surface area contributed by atoms with Crippen LogP contribution in [0.5, 0.6) is 0 Å². The van der Waals surface area contributed by atoms with E-state index in [-0.39, 0.29) is 0 Å². The summed E-state index contributed by atoms with van der Waals surface area (Å²) in [6.45, 7) is 8.45. The molecule has 102 valence electrons. The third-order valence-corrected chi connectivity index (χ3v) is 3.70. The molecule has 2 rings (SSSR count). The average Bonchev–Trinajstić information content (AvgIpc) is 2.59. The predicted octanol–water partition coefficient (Wildman–Crippen LogP) is 2.07. The van der Waals surface area contributed by atoms with Gasteiger partial charge >= 0.3 is 0 Å². The van der Waals surface area contributed by atoms with Crippen LogP contribution in [0.4, 0.5) is 0 Å². The van der Waals surface area contributed by atoms with Crippen molar-refractivity contribution in [2.24, 2.45) is 5.92 Å². The van der Waals surface area contributed by atoms with Crippen molar-refractivity contribution in [1.29, 1.82) is 0 Å². The van der Waals surface area contributed by atoms with Crippen LogP contribution in [0.2, 0.25) is 0 Å². The van der Waals surface area contributed by atoms with Crippen LogP contribution in [-0.2, 0) is 6.54 Å². The topological polar surface area (TPSA) is 32.5 Å². The molecule has 0 radical (unpaired) electrons. The van der Waals surface area contributed by atoms with Crippen LogP contribution in [0.3, 0.4) is 0 Å². The zero-order valence-electron chi connectivity index (χ0n) is 12.1. The van der Waals surface area contributed by atoms with Gasteiger partial charge in [-0.3, -0.25) is 4.90 Å². The average molecular weight is 251 g/mol. The molecule has 1 saturated heterocycles. The number of aryl methyl sites for hydroxylation is 2. The van der Waals surface area contributed by atoms with E-state index in [1.54, 1.807) is 0 Å². The maximum Gasteiger partial charge on any atom is 0.191 e. The summed E-state index contributed by atoms with van der Waals surface area (Å²) in [5.41, 5.74) is 1.11. The summed E-state index contributed by atoms with van der Waals surface area (Å²) in [6, 6.07) is 0. The third-order valence-electron chi connectivity index (χ3n) is 3.70. The zero-order valence-corrected chi connectivity index (χ0v) is 12.1. The summed E-state index contributed by atoms with van der Waals surface area (Å²) in [5, 5.41) is 0. The van der Waals surface area contributed by atoms with Crippen molar-refractivity contribution in [1.82, 2.24) is 14.8 Å². The first-order valence-electron chi connectivity index (χ1n) is 6.84. The lowest BCUT2D eigenvalue weighted by Crippen LogP contribution is -2.36. The van der Waals surface area contributed by atoms with E-state index in [4.69, 9.17) is 4.42 Å².